The van der Waals surface area contributed by atoms with Gasteiger partial charge >= 0.3 is 5.97 Å². The lowest BCUT2D eigenvalue weighted by Gasteiger charge is -2.12. The Morgan fingerprint density at radius 1 is 1.13 bits per heavy atom. The average molecular weight is 448 g/mol. The number of halogens is 1. The van der Waals surface area contributed by atoms with Gasteiger partial charge < -0.3 is 24.6 Å². The number of rotatable bonds is 8. The van der Waals surface area contributed by atoms with Gasteiger partial charge in [0.25, 0.3) is 0 Å². The maximum Gasteiger partial charge on any atom is 0.341 e. The molecule has 0 aliphatic heterocycles. The molecule has 0 saturated heterocycles. The van der Waals surface area contributed by atoms with Gasteiger partial charge in [-0.05, 0) is 42.8 Å². The zero-order chi connectivity index (χ0) is 21.7. The van der Waals surface area contributed by atoms with E-state index in [1.807, 2.05) is 17.5 Å². The van der Waals surface area contributed by atoms with Crippen molar-refractivity contribution < 1.29 is 24.1 Å². The summed E-state index contributed by atoms with van der Waals surface area (Å²) in [4.78, 5) is 12.7. The van der Waals surface area contributed by atoms with Gasteiger partial charge in [0.05, 0.1) is 20.8 Å². The highest BCUT2D eigenvalue weighted by Crippen LogP contribution is 2.40. The Kier molecular flexibility index (Phi) is 7.07. The fraction of sp³-hybridized carbons (Fsp3) is 0.227. The molecule has 0 amide bonds. The number of phenols is 1. The predicted molar refractivity (Wildman–Crippen MR) is 119 cm³/mol. The van der Waals surface area contributed by atoms with Gasteiger partial charge in [0.15, 0.2) is 11.5 Å². The normalized spacial score (nSPS) is 10.5. The van der Waals surface area contributed by atoms with Gasteiger partial charge in [0.1, 0.15) is 16.3 Å². The second-order valence-electron chi connectivity index (χ2n) is 6.27. The van der Waals surface area contributed by atoms with E-state index < -0.39 is 5.97 Å². The maximum absolute atomic E-state index is 12.7. The van der Waals surface area contributed by atoms with Crippen LogP contribution in [0.3, 0.4) is 0 Å². The minimum absolute atomic E-state index is 0.126. The molecule has 0 aliphatic carbocycles. The van der Waals surface area contributed by atoms with Crippen molar-refractivity contribution >= 4 is 33.9 Å². The third-order valence-corrected chi connectivity index (χ3v) is 5.62. The molecule has 1 aromatic heterocycles. The summed E-state index contributed by atoms with van der Waals surface area (Å²) in [5.74, 6) is 0.862. The van der Waals surface area contributed by atoms with Gasteiger partial charge in [-0.2, -0.15) is 0 Å². The second kappa shape index (κ2) is 9.73. The minimum Gasteiger partial charge on any atom is -0.508 e. The summed E-state index contributed by atoms with van der Waals surface area (Å²) < 4.78 is 16.0. The highest BCUT2D eigenvalue weighted by atomic mass is 35.5. The van der Waals surface area contributed by atoms with E-state index in [0.717, 1.165) is 11.1 Å². The molecule has 6 nitrogen and oxygen atoms in total. The van der Waals surface area contributed by atoms with E-state index in [0.29, 0.717) is 39.2 Å². The van der Waals surface area contributed by atoms with Crippen LogP contribution in [0.2, 0.25) is 5.02 Å². The summed E-state index contributed by atoms with van der Waals surface area (Å²) in [5, 5.41) is 16.3. The SMILES string of the molecule is CCOC(=O)c1c(-c2ccc(OC)c(OC)c2)csc1NCc1cc(Cl)ccc1O. The second-order valence-corrected chi connectivity index (χ2v) is 7.59. The molecule has 0 aliphatic rings. The lowest BCUT2D eigenvalue weighted by Crippen LogP contribution is -2.09. The largest absolute Gasteiger partial charge is 0.508 e. The number of benzene rings is 2. The zero-order valence-electron chi connectivity index (χ0n) is 16.8. The van der Waals surface area contributed by atoms with Crippen LogP contribution in [0.25, 0.3) is 11.1 Å². The number of methoxy groups -OCH3 is 2. The van der Waals surface area contributed by atoms with Crippen molar-refractivity contribution in [2.24, 2.45) is 0 Å². The number of carbonyl (C=O) groups is 1. The Labute approximate surface area is 184 Å². The molecule has 2 aromatic carbocycles. The molecule has 0 unspecified atom stereocenters. The van der Waals surface area contributed by atoms with Crippen molar-refractivity contribution in [1.82, 2.24) is 0 Å². The molecule has 2 N–H and O–H groups in total. The van der Waals surface area contributed by atoms with Crippen molar-refractivity contribution in [3.63, 3.8) is 0 Å². The van der Waals surface area contributed by atoms with E-state index in [4.69, 9.17) is 25.8 Å². The van der Waals surface area contributed by atoms with Gasteiger partial charge in [-0.25, -0.2) is 4.79 Å². The Morgan fingerprint density at radius 3 is 2.60 bits per heavy atom. The molecule has 3 aromatic rings. The smallest absolute Gasteiger partial charge is 0.341 e. The summed E-state index contributed by atoms with van der Waals surface area (Å²) in [6.45, 7) is 2.32. The first-order valence-electron chi connectivity index (χ1n) is 9.20. The van der Waals surface area contributed by atoms with E-state index in [9.17, 15) is 9.90 Å². The molecule has 0 radical (unpaired) electrons. The highest BCUT2D eigenvalue weighted by molar-refractivity contribution is 7.15. The third kappa shape index (κ3) is 4.63. The molecule has 0 atom stereocenters. The summed E-state index contributed by atoms with van der Waals surface area (Å²) in [5.41, 5.74) is 2.57. The van der Waals surface area contributed by atoms with Crippen molar-refractivity contribution in [3.05, 3.63) is 57.9 Å². The van der Waals surface area contributed by atoms with Crippen LogP contribution in [0.1, 0.15) is 22.8 Å². The molecular weight excluding hydrogens is 426 g/mol. The lowest BCUT2D eigenvalue weighted by atomic mass is 10.0. The van der Waals surface area contributed by atoms with Crippen LogP contribution in [0.15, 0.2) is 41.8 Å². The summed E-state index contributed by atoms with van der Waals surface area (Å²) in [6.07, 6.45) is 0. The Morgan fingerprint density at radius 2 is 1.90 bits per heavy atom. The van der Waals surface area contributed by atoms with Gasteiger partial charge in [0.2, 0.25) is 0 Å². The summed E-state index contributed by atoms with van der Waals surface area (Å²) in [6, 6.07) is 10.3. The monoisotopic (exact) mass is 447 g/mol. The molecule has 8 heteroatoms. The van der Waals surface area contributed by atoms with Crippen LogP contribution in [0.5, 0.6) is 17.2 Å². The van der Waals surface area contributed by atoms with Crippen molar-refractivity contribution in [2.75, 3.05) is 26.1 Å². The number of anilines is 1. The van der Waals surface area contributed by atoms with Crippen molar-refractivity contribution in [3.8, 4) is 28.4 Å². The number of aromatic hydroxyl groups is 1. The standard InChI is InChI=1S/C22H22ClNO5S/c1-4-29-22(26)20-16(13-5-8-18(27-2)19(10-13)28-3)12-30-21(20)24-11-14-9-15(23)6-7-17(14)25/h5-10,12,24-25H,4,11H2,1-3H3. The first kappa shape index (κ1) is 21.8. The quantitative estimate of drug-likeness (QED) is 0.439. The fourth-order valence-corrected chi connectivity index (χ4v) is 4.13. The molecule has 158 valence electrons. The van der Waals surface area contributed by atoms with E-state index >= 15 is 0 Å². The van der Waals surface area contributed by atoms with Crippen LogP contribution in [0, 0.1) is 0 Å². The molecular formula is C22H22ClNO5S. The average Bonchev–Trinajstić information content (AvgIpc) is 3.18. The van der Waals surface area contributed by atoms with Crippen molar-refractivity contribution in [2.45, 2.75) is 13.5 Å². The lowest BCUT2D eigenvalue weighted by molar-refractivity contribution is 0.0529. The van der Waals surface area contributed by atoms with Gasteiger partial charge in [-0.1, -0.05) is 17.7 Å². The number of esters is 1. The zero-order valence-corrected chi connectivity index (χ0v) is 18.4. The summed E-state index contributed by atoms with van der Waals surface area (Å²) >= 11 is 7.41. The molecule has 30 heavy (non-hydrogen) atoms. The van der Waals surface area contributed by atoms with E-state index in [-0.39, 0.29) is 12.4 Å². The van der Waals surface area contributed by atoms with E-state index in [2.05, 4.69) is 5.32 Å². The highest BCUT2D eigenvalue weighted by Gasteiger charge is 2.22. The van der Waals surface area contributed by atoms with E-state index in [1.165, 1.54) is 17.4 Å². The Bertz CT molecular complexity index is 1050. The molecule has 0 spiro atoms. The third-order valence-electron chi connectivity index (χ3n) is 4.45. The number of hydrogen-bond acceptors (Lipinski definition) is 7. The number of thiophene rings is 1. The maximum atomic E-state index is 12.7. The molecule has 1 heterocycles. The number of ether oxygens (including phenoxy) is 3. The van der Waals surface area contributed by atoms with E-state index in [1.54, 1.807) is 39.3 Å². The van der Waals surface area contributed by atoms with Crippen LogP contribution >= 0.6 is 22.9 Å². The summed E-state index contributed by atoms with van der Waals surface area (Å²) in [7, 11) is 3.13. The van der Waals surface area contributed by atoms with Crippen LogP contribution in [-0.4, -0.2) is 31.9 Å². The first-order chi connectivity index (χ1) is 14.5. The minimum atomic E-state index is -0.429. The Balaban J connectivity index is 1.98. The molecule has 0 bridgehead atoms. The van der Waals surface area contributed by atoms with Crippen molar-refractivity contribution in [1.29, 1.82) is 0 Å². The van der Waals surface area contributed by atoms with Gasteiger partial charge in [0, 0.05) is 28.1 Å². The first-order valence-corrected chi connectivity index (χ1v) is 10.5. The molecule has 3 rings (SSSR count). The number of carbonyl (C=O) groups excluding carboxylic acids is 1. The molecule has 0 saturated carbocycles. The number of hydrogen-bond donors (Lipinski definition) is 2. The van der Waals surface area contributed by atoms with Crippen LogP contribution < -0.4 is 14.8 Å². The molecule has 0 fully saturated rings. The van der Waals surface area contributed by atoms with Crippen LogP contribution in [0.4, 0.5) is 5.00 Å². The fourth-order valence-electron chi connectivity index (χ4n) is 2.98. The van der Waals surface area contributed by atoms with Gasteiger partial charge in [-0.3, -0.25) is 0 Å². The topological polar surface area (TPSA) is 77.0 Å². The van der Waals surface area contributed by atoms with Gasteiger partial charge in [-0.15, -0.1) is 11.3 Å². The van der Waals surface area contributed by atoms with Crippen LogP contribution in [-0.2, 0) is 11.3 Å². The number of phenolic OH excluding ortho intramolecular Hbond substituents is 1. The Hall–Kier alpha value is -2.90. The number of nitrogens with one attached hydrogen (secondary N) is 1. The predicted octanol–water partition coefficient (Wildman–Crippen LogP) is 5.58.